The maximum absolute atomic E-state index is 12.3. The van der Waals surface area contributed by atoms with Crippen molar-refractivity contribution in [2.24, 2.45) is 5.92 Å². The molecule has 1 aromatic carbocycles. The summed E-state index contributed by atoms with van der Waals surface area (Å²) in [5.74, 6) is 0.229. The van der Waals surface area contributed by atoms with Crippen LogP contribution in [0.2, 0.25) is 0 Å². The van der Waals surface area contributed by atoms with E-state index in [9.17, 15) is 18.4 Å². The molecule has 0 aliphatic carbocycles. The van der Waals surface area contributed by atoms with Crippen LogP contribution in [-0.4, -0.2) is 43.0 Å². The molecule has 1 N–H and O–H groups in total. The van der Waals surface area contributed by atoms with Gasteiger partial charge in [-0.3, -0.25) is 9.59 Å². The minimum Gasteiger partial charge on any atom is -0.435 e. The Kier molecular flexibility index (Phi) is 7.16. The Balaban J connectivity index is 1.75. The molecule has 1 aliphatic rings. The smallest absolute Gasteiger partial charge is 0.387 e. The summed E-state index contributed by atoms with van der Waals surface area (Å²) in [6, 6.07) is 6.33. The Hall–Kier alpha value is -2.18. The number of hydrogen-bond donors (Lipinski definition) is 1. The van der Waals surface area contributed by atoms with E-state index in [1.54, 1.807) is 17.0 Å². The lowest BCUT2D eigenvalue weighted by molar-refractivity contribution is -0.135. The fourth-order valence-corrected chi connectivity index (χ4v) is 2.96. The molecular formula is C18H24F2N2O3. The van der Waals surface area contributed by atoms with Gasteiger partial charge in [0.25, 0.3) is 0 Å². The van der Waals surface area contributed by atoms with Gasteiger partial charge in [0.15, 0.2) is 0 Å². The number of piperidine rings is 1. The number of rotatable bonds is 7. The van der Waals surface area contributed by atoms with Gasteiger partial charge in [-0.1, -0.05) is 12.1 Å². The van der Waals surface area contributed by atoms with E-state index in [-0.39, 0.29) is 23.5 Å². The number of carbonyl (C=O) groups excluding carboxylic acids is 2. The van der Waals surface area contributed by atoms with Crippen molar-refractivity contribution >= 4 is 11.8 Å². The number of ether oxygens (including phenoxy) is 1. The first-order valence-electron chi connectivity index (χ1n) is 8.58. The zero-order valence-corrected chi connectivity index (χ0v) is 14.3. The van der Waals surface area contributed by atoms with E-state index in [1.807, 2.05) is 6.92 Å². The second-order valence-electron chi connectivity index (χ2n) is 6.07. The van der Waals surface area contributed by atoms with E-state index >= 15 is 0 Å². The van der Waals surface area contributed by atoms with E-state index in [4.69, 9.17) is 0 Å². The van der Waals surface area contributed by atoms with Crippen molar-refractivity contribution in [3.63, 3.8) is 0 Å². The minimum absolute atomic E-state index is 0.00798. The average molecular weight is 354 g/mol. The molecule has 7 heteroatoms. The summed E-state index contributed by atoms with van der Waals surface area (Å²) in [5.41, 5.74) is 0.896. The number of likely N-dealkylation sites (tertiary alicyclic amines) is 1. The fourth-order valence-electron chi connectivity index (χ4n) is 2.96. The zero-order chi connectivity index (χ0) is 18.2. The molecule has 1 heterocycles. The first-order chi connectivity index (χ1) is 12.0. The normalized spacial score (nSPS) is 15.3. The molecule has 2 rings (SSSR count). The van der Waals surface area contributed by atoms with Gasteiger partial charge in [-0.05, 0) is 43.9 Å². The number of halogens is 2. The summed E-state index contributed by atoms with van der Waals surface area (Å²) < 4.78 is 28.5. The highest BCUT2D eigenvalue weighted by molar-refractivity contribution is 5.80. The SMILES string of the molecule is CCNC(=O)C1CCN(C(=O)CCc2ccc(OC(F)F)cc2)CC1. The van der Waals surface area contributed by atoms with Crippen molar-refractivity contribution in [3.8, 4) is 5.75 Å². The number of alkyl halides is 2. The number of nitrogens with zero attached hydrogens (tertiary/aromatic N) is 1. The first kappa shape index (κ1) is 19.1. The van der Waals surface area contributed by atoms with Crippen LogP contribution in [-0.2, 0) is 16.0 Å². The predicted octanol–water partition coefficient (Wildman–Crippen LogP) is 2.60. The lowest BCUT2D eigenvalue weighted by atomic mass is 9.95. The van der Waals surface area contributed by atoms with Crippen molar-refractivity contribution < 1.29 is 23.1 Å². The van der Waals surface area contributed by atoms with E-state index in [0.29, 0.717) is 45.3 Å². The van der Waals surface area contributed by atoms with Crippen molar-refractivity contribution in [2.45, 2.75) is 39.2 Å². The van der Waals surface area contributed by atoms with Crippen LogP contribution in [0.5, 0.6) is 5.75 Å². The number of aryl methyl sites for hydroxylation is 1. The monoisotopic (exact) mass is 354 g/mol. The van der Waals surface area contributed by atoms with Crippen molar-refractivity contribution in [2.75, 3.05) is 19.6 Å². The van der Waals surface area contributed by atoms with Gasteiger partial charge < -0.3 is 15.0 Å². The number of hydrogen-bond acceptors (Lipinski definition) is 3. The first-order valence-corrected chi connectivity index (χ1v) is 8.58. The molecule has 1 aromatic rings. The molecule has 0 bridgehead atoms. The van der Waals surface area contributed by atoms with Gasteiger partial charge in [0.05, 0.1) is 0 Å². The van der Waals surface area contributed by atoms with E-state index in [1.165, 1.54) is 12.1 Å². The molecule has 1 aliphatic heterocycles. The summed E-state index contributed by atoms with van der Waals surface area (Å²) in [5, 5.41) is 2.82. The van der Waals surface area contributed by atoms with Crippen LogP contribution in [0.3, 0.4) is 0 Å². The van der Waals surface area contributed by atoms with Crippen LogP contribution in [0.15, 0.2) is 24.3 Å². The molecule has 25 heavy (non-hydrogen) atoms. The van der Waals surface area contributed by atoms with Crippen LogP contribution in [0.4, 0.5) is 8.78 Å². The maximum atomic E-state index is 12.3. The second kappa shape index (κ2) is 9.34. The van der Waals surface area contributed by atoms with Gasteiger partial charge in [0, 0.05) is 32.0 Å². The summed E-state index contributed by atoms with van der Waals surface area (Å²) in [6.07, 6.45) is 2.29. The summed E-state index contributed by atoms with van der Waals surface area (Å²) in [6.45, 7) is 0.876. The maximum Gasteiger partial charge on any atom is 0.387 e. The molecule has 1 saturated heterocycles. The number of benzene rings is 1. The Bertz CT molecular complexity index is 570. The molecule has 0 atom stereocenters. The highest BCUT2D eigenvalue weighted by Crippen LogP contribution is 2.19. The molecule has 0 saturated carbocycles. The van der Waals surface area contributed by atoms with Crippen molar-refractivity contribution in [3.05, 3.63) is 29.8 Å². The topological polar surface area (TPSA) is 58.6 Å². The summed E-state index contributed by atoms with van der Waals surface area (Å²) >= 11 is 0. The Morgan fingerprint density at radius 2 is 1.88 bits per heavy atom. The lowest BCUT2D eigenvalue weighted by Gasteiger charge is -2.31. The van der Waals surface area contributed by atoms with E-state index in [0.717, 1.165) is 5.56 Å². The fraction of sp³-hybridized carbons (Fsp3) is 0.556. The lowest BCUT2D eigenvalue weighted by Crippen LogP contribution is -2.43. The molecule has 0 unspecified atom stereocenters. The van der Waals surface area contributed by atoms with Crippen LogP contribution in [0, 0.1) is 5.92 Å². The molecule has 2 amide bonds. The summed E-state index contributed by atoms with van der Waals surface area (Å²) in [4.78, 5) is 25.9. The minimum atomic E-state index is -2.84. The van der Waals surface area contributed by atoms with Crippen LogP contribution < -0.4 is 10.1 Å². The molecule has 0 spiro atoms. The third kappa shape index (κ3) is 5.99. The van der Waals surface area contributed by atoms with Gasteiger partial charge in [-0.2, -0.15) is 8.78 Å². The van der Waals surface area contributed by atoms with Gasteiger partial charge in [-0.25, -0.2) is 0 Å². The standard InChI is InChI=1S/C18H24F2N2O3/c1-2-21-17(24)14-9-11-22(12-10-14)16(23)8-5-13-3-6-15(7-4-13)25-18(19)20/h3-4,6-7,14,18H,2,5,8-12H2,1H3,(H,21,24). The number of nitrogens with one attached hydrogen (secondary N) is 1. The average Bonchev–Trinajstić information content (AvgIpc) is 2.61. The highest BCUT2D eigenvalue weighted by Gasteiger charge is 2.26. The molecule has 5 nitrogen and oxygen atoms in total. The summed E-state index contributed by atoms with van der Waals surface area (Å²) in [7, 11) is 0. The molecule has 0 radical (unpaired) electrons. The molecule has 0 aromatic heterocycles. The molecular weight excluding hydrogens is 330 g/mol. The Morgan fingerprint density at radius 3 is 2.44 bits per heavy atom. The van der Waals surface area contributed by atoms with E-state index < -0.39 is 6.61 Å². The van der Waals surface area contributed by atoms with Gasteiger partial charge >= 0.3 is 6.61 Å². The van der Waals surface area contributed by atoms with E-state index in [2.05, 4.69) is 10.1 Å². The Labute approximate surface area is 146 Å². The quantitative estimate of drug-likeness (QED) is 0.819. The third-order valence-corrected chi connectivity index (χ3v) is 4.35. The highest BCUT2D eigenvalue weighted by atomic mass is 19.3. The zero-order valence-electron chi connectivity index (χ0n) is 14.3. The van der Waals surface area contributed by atoms with Gasteiger partial charge in [0.2, 0.25) is 11.8 Å². The largest absolute Gasteiger partial charge is 0.435 e. The number of carbonyl (C=O) groups is 2. The number of amides is 2. The third-order valence-electron chi connectivity index (χ3n) is 4.35. The van der Waals surface area contributed by atoms with Gasteiger partial charge in [0.1, 0.15) is 5.75 Å². The van der Waals surface area contributed by atoms with Gasteiger partial charge in [-0.15, -0.1) is 0 Å². The van der Waals surface area contributed by atoms with Crippen LogP contribution in [0.25, 0.3) is 0 Å². The predicted molar refractivity (Wildman–Crippen MR) is 89.4 cm³/mol. The molecule has 1 fully saturated rings. The van der Waals surface area contributed by atoms with Crippen molar-refractivity contribution in [1.82, 2.24) is 10.2 Å². The second-order valence-corrected chi connectivity index (χ2v) is 6.07. The van der Waals surface area contributed by atoms with Crippen LogP contribution >= 0.6 is 0 Å². The van der Waals surface area contributed by atoms with Crippen LogP contribution in [0.1, 0.15) is 31.7 Å². The van der Waals surface area contributed by atoms with Crippen molar-refractivity contribution in [1.29, 1.82) is 0 Å². The molecule has 138 valence electrons. The Morgan fingerprint density at radius 1 is 1.24 bits per heavy atom.